The highest BCUT2D eigenvalue weighted by molar-refractivity contribution is 6.33. The second-order valence-corrected chi connectivity index (χ2v) is 5.78. The quantitative estimate of drug-likeness (QED) is 0.819. The molecule has 20 heavy (non-hydrogen) atoms. The number of pyridine rings is 1. The third kappa shape index (κ3) is 3.62. The molecule has 2 heterocycles. The number of anilines is 1. The van der Waals surface area contributed by atoms with Crippen molar-refractivity contribution in [1.29, 1.82) is 0 Å². The summed E-state index contributed by atoms with van der Waals surface area (Å²) in [6, 6.07) is 2.35. The Morgan fingerprint density at radius 1 is 1.55 bits per heavy atom. The molecule has 4 nitrogen and oxygen atoms in total. The summed E-state index contributed by atoms with van der Waals surface area (Å²) in [5.41, 5.74) is 1.12. The highest BCUT2D eigenvalue weighted by Crippen LogP contribution is 2.28. The maximum absolute atomic E-state index is 6.39. The Hall–Kier alpha value is -0.840. The number of likely N-dealkylation sites (N-methyl/N-ethyl adjacent to an activating group) is 1. The van der Waals surface area contributed by atoms with E-state index in [1.807, 2.05) is 19.3 Å². The van der Waals surface area contributed by atoms with Crippen LogP contribution in [-0.4, -0.2) is 37.3 Å². The Morgan fingerprint density at radius 2 is 2.35 bits per heavy atom. The van der Waals surface area contributed by atoms with Crippen molar-refractivity contribution in [3.63, 3.8) is 0 Å². The van der Waals surface area contributed by atoms with Gasteiger partial charge in [-0.05, 0) is 37.9 Å². The highest BCUT2D eigenvalue weighted by atomic mass is 35.5. The molecule has 1 N–H and O–H groups in total. The van der Waals surface area contributed by atoms with E-state index in [0.29, 0.717) is 11.1 Å². The molecule has 0 aliphatic carbocycles. The van der Waals surface area contributed by atoms with Crippen molar-refractivity contribution in [3.05, 3.63) is 22.8 Å². The molecule has 0 bridgehead atoms. The number of aromatic nitrogens is 1. The highest BCUT2D eigenvalue weighted by Gasteiger charge is 2.29. The van der Waals surface area contributed by atoms with Crippen molar-refractivity contribution in [2.24, 2.45) is 0 Å². The molecule has 0 spiro atoms. The van der Waals surface area contributed by atoms with E-state index in [9.17, 15) is 0 Å². The Bertz CT molecular complexity index is 441. The van der Waals surface area contributed by atoms with Crippen LogP contribution in [0.25, 0.3) is 0 Å². The Kier molecular flexibility index (Phi) is 5.64. The fourth-order valence-electron chi connectivity index (χ4n) is 2.62. The first-order valence-electron chi connectivity index (χ1n) is 7.33. The van der Waals surface area contributed by atoms with E-state index in [4.69, 9.17) is 16.3 Å². The van der Waals surface area contributed by atoms with Crippen LogP contribution in [0.3, 0.4) is 0 Å². The van der Waals surface area contributed by atoms with Gasteiger partial charge in [0.2, 0.25) is 0 Å². The molecular formula is C15H24ClN3O. The molecule has 2 unspecified atom stereocenters. The van der Waals surface area contributed by atoms with Gasteiger partial charge in [0.1, 0.15) is 5.82 Å². The minimum atomic E-state index is 0.226. The molecule has 2 rings (SSSR count). The average molecular weight is 298 g/mol. The van der Waals surface area contributed by atoms with Gasteiger partial charge in [0.15, 0.2) is 0 Å². The van der Waals surface area contributed by atoms with Crippen LogP contribution in [-0.2, 0) is 11.3 Å². The van der Waals surface area contributed by atoms with Crippen LogP contribution in [0.1, 0.15) is 32.3 Å². The Labute approximate surface area is 126 Å². The predicted molar refractivity (Wildman–Crippen MR) is 83.5 cm³/mol. The van der Waals surface area contributed by atoms with Gasteiger partial charge in [-0.15, -0.1) is 0 Å². The molecule has 5 heteroatoms. The van der Waals surface area contributed by atoms with E-state index in [2.05, 4.69) is 29.0 Å². The number of hydrogen-bond acceptors (Lipinski definition) is 4. The first-order valence-corrected chi connectivity index (χ1v) is 7.70. The first kappa shape index (κ1) is 15.5. The smallest absolute Gasteiger partial charge is 0.147 e. The van der Waals surface area contributed by atoms with E-state index < -0.39 is 0 Å². The van der Waals surface area contributed by atoms with Crippen LogP contribution in [0.15, 0.2) is 12.3 Å². The van der Waals surface area contributed by atoms with E-state index >= 15 is 0 Å². The van der Waals surface area contributed by atoms with E-state index in [1.165, 1.54) is 0 Å². The van der Waals surface area contributed by atoms with Crippen molar-refractivity contribution in [2.75, 3.05) is 25.1 Å². The number of nitrogens with zero attached hydrogens (tertiary/aromatic N) is 2. The Morgan fingerprint density at radius 3 is 2.95 bits per heavy atom. The number of halogens is 1. The van der Waals surface area contributed by atoms with Gasteiger partial charge in [-0.3, -0.25) is 0 Å². The maximum atomic E-state index is 6.39. The van der Waals surface area contributed by atoms with Crippen molar-refractivity contribution >= 4 is 17.4 Å². The zero-order valence-electron chi connectivity index (χ0n) is 12.5. The summed E-state index contributed by atoms with van der Waals surface area (Å²) >= 11 is 6.39. The molecule has 1 fully saturated rings. The molecule has 1 aromatic heterocycles. The van der Waals surface area contributed by atoms with Crippen LogP contribution < -0.4 is 10.2 Å². The molecule has 1 saturated heterocycles. The second kappa shape index (κ2) is 7.25. The summed E-state index contributed by atoms with van der Waals surface area (Å²) < 4.78 is 5.61. The summed E-state index contributed by atoms with van der Waals surface area (Å²) in [5, 5.41) is 4.07. The summed E-state index contributed by atoms with van der Waals surface area (Å²) in [4.78, 5) is 6.68. The minimum absolute atomic E-state index is 0.226. The van der Waals surface area contributed by atoms with Gasteiger partial charge in [0.25, 0.3) is 0 Å². The van der Waals surface area contributed by atoms with Crippen LogP contribution in [0.4, 0.5) is 5.82 Å². The van der Waals surface area contributed by atoms with Crippen molar-refractivity contribution in [2.45, 2.75) is 45.4 Å². The summed E-state index contributed by atoms with van der Waals surface area (Å²) in [6.45, 7) is 6.89. The lowest BCUT2D eigenvalue weighted by atomic mass is 10.1. The molecule has 0 aromatic carbocycles. The SMILES string of the molecule is CCCNCc1cnc(N(C)C2CCOC2C)c(Cl)c1. The monoisotopic (exact) mass is 297 g/mol. The lowest BCUT2D eigenvalue weighted by Crippen LogP contribution is -2.37. The van der Waals surface area contributed by atoms with Crippen LogP contribution >= 0.6 is 11.6 Å². The van der Waals surface area contributed by atoms with Gasteiger partial charge >= 0.3 is 0 Å². The molecular weight excluding hydrogens is 274 g/mol. The molecule has 1 aliphatic rings. The summed E-state index contributed by atoms with van der Waals surface area (Å²) in [7, 11) is 2.04. The van der Waals surface area contributed by atoms with E-state index in [-0.39, 0.29) is 6.10 Å². The first-order chi connectivity index (χ1) is 9.63. The number of hydrogen-bond donors (Lipinski definition) is 1. The standard InChI is InChI=1S/C15H24ClN3O/c1-4-6-17-9-12-8-13(16)15(18-10-12)19(3)14-5-7-20-11(14)2/h8,10-11,14,17H,4-7,9H2,1-3H3. The lowest BCUT2D eigenvalue weighted by molar-refractivity contribution is 0.118. The van der Waals surface area contributed by atoms with Crippen molar-refractivity contribution < 1.29 is 4.74 Å². The number of nitrogens with one attached hydrogen (secondary N) is 1. The van der Waals surface area contributed by atoms with Gasteiger partial charge in [-0.25, -0.2) is 4.98 Å². The largest absolute Gasteiger partial charge is 0.376 e. The fraction of sp³-hybridized carbons (Fsp3) is 0.667. The Balaban J connectivity index is 2.05. The molecule has 1 aromatic rings. The van der Waals surface area contributed by atoms with E-state index in [1.54, 1.807) is 0 Å². The van der Waals surface area contributed by atoms with Crippen LogP contribution in [0.5, 0.6) is 0 Å². The third-order valence-corrected chi connectivity index (χ3v) is 4.08. The van der Waals surface area contributed by atoms with Gasteiger partial charge in [-0.1, -0.05) is 18.5 Å². The normalized spacial score (nSPS) is 22.2. The average Bonchev–Trinajstić information content (AvgIpc) is 2.85. The molecule has 0 amide bonds. The summed E-state index contributed by atoms with van der Waals surface area (Å²) in [5.74, 6) is 0.841. The molecule has 1 aliphatic heterocycles. The van der Waals surface area contributed by atoms with Gasteiger partial charge < -0.3 is 15.0 Å². The molecule has 112 valence electrons. The van der Waals surface area contributed by atoms with E-state index in [0.717, 1.165) is 43.9 Å². The molecule has 0 radical (unpaired) electrons. The number of ether oxygens (including phenoxy) is 1. The van der Waals surface area contributed by atoms with Gasteiger partial charge in [-0.2, -0.15) is 0 Å². The van der Waals surface area contributed by atoms with Crippen molar-refractivity contribution in [3.8, 4) is 0 Å². The topological polar surface area (TPSA) is 37.4 Å². The minimum Gasteiger partial charge on any atom is -0.376 e. The van der Waals surface area contributed by atoms with Crippen LogP contribution in [0, 0.1) is 0 Å². The zero-order chi connectivity index (χ0) is 14.5. The fourth-order valence-corrected chi connectivity index (χ4v) is 2.94. The second-order valence-electron chi connectivity index (χ2n) is 5.37. The maximum Gasteiger partial charge on any atom is 0.147 e. The molecule has 0 saturated carbocycles. The zero-order valence-corrected chi connectivity index (χ0v) is 13.3. The third-order valence-electron chi connectivity index (χ3n) is 3.80. The summed E-state index contributed by atoms with van der Waals surface area (Å²) in [6.07, 6.45) is 4.28. The number of rotatable bonds is 6. The van der Waals surface area contributed by atoms with Gasteiger partial charge in [0, 0.05) is 26.4 Å². The van der Waals surface area contributed by atoms with Crippen LogP contribution in [0.2, 0.25) is 5.02 Å². The van der Waals surface area contributed by atoms with Crippen molar-refractivity contribution in [1.82, 2.24) is 10.3 Å². The van der Waals surface area contributed by atoms with Gasteiger partial charge in [0.05, 0.1) is 17.2 Å². The lowest BCUT2D eigenvalue weighted by Gasteiger charge is -2.28. The predicted octanol–water partition coefficient (Wildman–Crippen LogP) is 2.85. The molecule has 2 atom stereocenters.